The van der Waals surface area contributed by atoms with Crippen LogP contribution in [0.2, 0.25) is 0 Å². The summed E-state index contributed by atoms with van der Waals surface area (Å²) in [5.74, 6) is 0. The Bertz CT molecular complexity index is 143. The molecule has 1 saturated heterocycles. The van der Waals surface area contributed by atoms with E-state index < -0.39 is 0 Å². The largest absolute Gasteiger partial charge is 0.377 e. The number of hydrogen-bond donors (Lipinski definition) is 0. The molecule has 0 N–H and O–H groups in total. The zero-order valence-corrected chi connectivity index (χ0v) is 8.44. The number of rotatable bonds is 3. The van der Waals surface area contributed by atoms with Gasteiger partial charge in [0, 0.05) is 15.5 Å². The van der Waals surface area contributed by atoms with Gasteiger partial charge in [-0.05, 0) is 6.42 Å². The lowest BCUT2D eigenvalue weighted by molar-refractivity contribution is -0.185. The molecule has 1 rings (SSSR count). The van der Waals surface area contributed by atoms with E-state index in [1.807, 2.05) is 6.92 Å². The van der Waals surface area contributed by atoms with E-state index in [4.69, 9.17) is 21.8 Å². The molecule has 3 nitrogen and oxygen atoms in total. The van der Waals surface area contributed by atoms with Crippen molar-refractivity contribution >= 4 is 17.3 Å². The molecule has 68 valence electrons. The summed E-state index contributed by atoms with van der Waals surface area (Å²) in [6, 6.07) is -0.321. The summed E-state index contributed by atoms with van der Waals surface area (Å²) in [5.41, 5.74) is -0.348. The number of ether oxygens (including phenoxy) is 2. The molecule has 0 aromatic carbocycles. The van der Waals surface area contributed by atoms with Gasteiger partial charge in [0.05, 0.1) is 19.8 Å². The van der Waals surface area contributed by atoms with Crippen molar-refractivity contribution in [3.63, 3.8) is 0 Å². The van der Waals surface area contributed by atoms with Crippen LogP contribution in [0.1, 0.15) is 13.3 Å². The average Bonchev–Trinajstić information content (AvgIpc) is 2.05. The van der Waals surface area contributed by atoms with E-state index in [0.717, 1.165) is 6.42 Å². The highest BCUT2D eigenvalue weighted by Crippen LogP contribution is 2.23. The normalized spacial score (nSPS) is 36.7. The van der Waals surface area contributed by atoms with Gasteiger partial charge in [-0.15, -0.1) is 0 Å². The molecule has 0 amide bonds. The van der Waals surface area contributed by atoms with Crippen LogP contribution in [0.3, 0.4) is 0 Å². The van der Waals surface area contributed by atoms with Crippen LogP contribution < -0.4 is 0 Å². The van der Waals surface area contributed by atoms with E-state index in [9.17, 15) is 0 Å². The molecule has 0 aromatic rings. The molecule has 1 fully saturated rings. The Morgan fingerprint density at radius 3 is 3.00 bits per heavy atom. The van der Waals surface area contributed by atoms with Gasteiger partial charge >= 0.3 is 0 Å². The van der Waals surface area contributed by atoms with Gasteiger partial charge in [-0.3, -0.25) is 0 Å². The summed E-state index contributed by atoms with van der Waals surface area (Å²) in [4.78, 5) is 0. The molecule has 0 bridgehead atoms. The molecule has 12 heavy (non-hydrogen) atoms. The highest BCUT2D eigenvalue weighted by atomic mass is 31.0. The molecule has 1 heterocycles. The van der Waals surface area contributed by atoms with Crippen molar-refractivity contribution in [3.8, 4) is 0 Å². The van der Waals surface area contributed by atoms with Crippen LogP contribution in [-0.4, -0.2) is 39.3 Å². The third-order valence-electron chi connectivity index (χ3n) is 2.04. The van der Waals surface area contributed by atoms with Gasteiger partial charge in [0.25, 0.3) is 0 Å². The van der Waals surface area contributed by atoms with Crippen LogP contribution in [0, 0.1) is 0 Å². The lowest BCUT2D eigenvalue weighted by Crippen LogP contribution is -2.50. The van der Waals surface area contributed by atoms with Crippen LogP contribution >= 0.6 is 9.47 Å². The minimum absolute atomic E-state index is 0.321. The van der Waals surface area contributed by atoms with Crippen molar-refractivity contribution in [2.45, 2.75) is 24.9 Å². The van der Waals surface area contributed by atoms with Gasteiger partial charge < -0.3 is 14.0 Å². The first-order valence-electron chi connectivity index (χ1n) is 4.05. The molecule has 5 heteroatoms. The monoisotopic (exact) mass is 188 g/mol. The van der Waals surface area contributed by atoms with Gasteiger partial charge in [-0.25, -0.2) is 0 Å². The fraction of sp³-hybridized carbons (Fsp3) is 1.00. The van der Waals surface area contributed by atoms with E-state index in [0.29, 0.717) is 19.8 Å². The summed E-state index contributed by atoms with van der Waals surface area (Å²) in [6.07, 6.45) is 0.842. The van der Waals surface area contributed by atoms with E-state index in [-0.39, 0.29) is 11.6 Å². The van der Waals surface area contributed by atoms with Gasteiger partial charge in [0.15, 0.2) is 0 Å². The van der Waals surface area contributed by atoms with Crippen LogP contribution in [0.15, 0.2) is 0 Å². The summed E-state index contributed by atoms with van der Waals surface area (Å²) >= 11 is 0. The minimum atomic E-state index is -0.348. The summed E-state index contributed by atoms with van der Waals surface area (Å²) in [5, 5.41) is 0. The Balaban J connectivity index is 2.51. The maximum absolute atomic E-state index is 5.61. The molecule has 1 unspecified atom stereocenters. The molecule has 0 saturated carbocycles. The maximum Gasteiger partial charge on any atom is 0.114 e. The summed E-state index contributed by atoms with van der Waals surface area (Å²) < 4.78 is 15.9. The van der Waals surface area contributed by atoms with Crippen molar-refractivity contribution in [2.24, 2.45) is 0 Å². The van der Waals surface area contributed by atoms with Crippen molar-refractivity contribution in [1.29, 1.82) is 0 Å². The zero-order valence-electron chi connectivity index (χ0n) is 7.29. The first-order valence-corrected chi connectivity index (χ1v) is 4.52. The SMILES string of the molecule is [B][C@H]1COC[C@@](CC)(COP)O1. The third-order valence-corrected chi connectivity index (χ3v) is 2.21. The van der Waals surface area contributed by atoms with E-state index >= 15 is 0 Å². The molecule has 3 atom stereocenters. The van der Waals surface area contributed by atoms with E-state index in [1.165, 1.54) is 0 Å². The fourth-order valence-corrected chi connectivity index (χ4v) is 1.57. The van der Waals surface area contributed by atoms with E-state index in [1.54, 1.807) is 0 Å². The highest BCUT2D eigenvalue weighted by molar-refractivity contribution is 7.09. The molecule has 1 aliphatic rings. The van der Waals surface area contributed by atoms with Crippen LogP contribution in [0.5, 0.6) is 0 Å². The Morgan fingerprint density at radius 2 is 2.50 bits per heavy atom. The molecular weight excluding hydrogens is 174 g/mol. The highest BCUT2D eigenvalue weighted by Gasteiger charge is 2.34. The first-order chi connectivity index (χ1) is 5.72. The lowest BCUT2D eigenvalue weighted by atomic mass is 9.95. The van der Waals surface area contributed by atoms with Crippen molar-refractivity contribution in [3.05, 3.63) is 0 Å². The Hall–Kier alpha value is 0.375. The van der Waals surface area contributed by atoms with Gasteiger partial charge in [-0.1, -0.05) is 6.92 Å². The average molecular weight is 188 g/mol. The quantitative estimate of drug-likeness (QED) is 0.476. The first kappa shape index (κ1) is 10.5. The predicted octanol–water partition coefficient (Wildman–Crippen LogP) is 0.483. The lowest BCUT2D eigenvalue weighted by Gasteiger charge is -2.39. The summed E-state index contributed by atoms with van der Waals surface area (Å²) in [6.45, 7) is 3.57. The second kappa shape index (κ2) is 4.57. The number of hydrogen-bond acceptors (Lipinski definition) is 3. The predicted molar refractivity (Wildman–Crippen MR) is 50.1 cm³/mol. The van der Waals surface area contributed by atoms with Crippen molar-refractivity contribution in [1.82, 2.24) is 0 Å². The fourth-order valence-electron chi connectivity index (χ4n) is 1.27. The molecule has 1 aliphatic heterocycles. The van der Waals surface area contributed by atoms with Crippen LogP contribution in [0.25, 0.3) is 0 Å². The Kier molecular flexibility index (Phi) is 3.98. The van der Waals surface area contributed by atoms with Crippen LogP contribution in [0.4, 0.5) is 0 Å². The van der Waals surface area contributed by atoms with Crippen molar-refractivity contribution < 1.29 is 14.0 Å². The smallest absolute Gasteiger partial charge is 0.114 e. The van der Waals surface area contributed by atoms with Crippen LogP contribution in [-0.2, 0) is 14.0 Å². The molecule has 0 aromatic heterocycles. The molecule has 0 aliphatic carbocycles. The Labute approximate surface area is 76.8 Å². The topological polar surface area (TPSA) is 27.7 Å². The zero-order chi connectivity index (χ0) is 9.03. The standard InChI is InChI=1S/C7H14BO3P/c1-2-7(5-10-12)4-9-3-6(8)11-7/h6H,2-5,12H2,1H3/t6-,7+/m1/s1. The maximum atomic E-state index is 5.61. The summed E-state index contributed by atoms with van der Waals surface area (Å²) in [7, 11) is 7.82. The molecule has 0 spiro atoms. The van der Waals surface area contributed by atoms with Gasteiger partial charge in [-0.2, -0.15) is 0 Å². The second-order valence-electron chi connectivity index (χ2n) is 3.02. The van der Waals surface area contributed by atoms with Gasteiger partial charge in [0.2, 0.25) is 0 Å². The minimum Gasteiger partial charge on any atom is -0.377 e. The van der Waals surface area contributed by atoms with Gasteiger partial charge in [0.1, 0.15) is 13.4 Å². The molecular formula is C7H14BO3P. The Morgan fingerprint density at radius 1 is 1.75 bits per heavy atom. The van der Waals surface area contributed by atoms with E-state index in [2.05, 4.69) is 9.47 Å². The second-order valence-corrected chi connectivity index (χ2v) is 3.35. The van der Waals surface area contributed by atoms with Crippen molar-refractivity contribution in [2.75, 3.05) is 19.8 Å². The third kappa shape index (κ3) is 2.43. The molecule has 2 radical (unpaired) electrons.